The van der Waals surface area contributed by atoms with Crippen molar-refractivity contribution in [2.24, 2.45) is 0 Å². The van der Waals surface area contributed by atoms with E-state index in [9.17, 15) is 4.79 Å². The molecule has 0 radical (unpaired) electrons. The van der Waals surface area contributed by atoms with Crippen LogP contribution in [-0.2, 0) is 14.3 Å². The van der Waals surface area contributed by atoms with Crippen molar-refractivity contribution >= 4 is 50.7 Å². The van der Waals surface area contributed by atoms with E-state index in [0.29, 0.717) is 32.3 Å². The molecule has 1 atom stereocenters. The van der Waals surface area contributed by atoms with Gasteiger partial charge < -0.3 is 34.4 Å². The smallest absolute Gasteiger partial charge is 0.239 e. The first-order valence-corrected chi connectivity index (χ1v) is 19.1. The zero-order chi connectivity index (χ0) is 37.1. The van der Waals surface area contributed by atoms with E-state index in [0.717, 1.165) is 114 Å². The molecule has 4 aliphatic rings. The predicted octanol–water partition coefficient (Wildman–Crippen LogP) is 3.64. The number of rotatable bonds is 6. The van der Waals surface area contributed by atoms with Gasteiger partial charge in [-0.15, -0.1) is 0 Å². The van der Waals surface area contributed by atoms with Crippen LogP contribution in [0.1, 0.15) is 19.8 Å². The van der Waals surface area contributed by atoms with Gasteiger partial charge >= 0.3 is 0 Å². The summed E-state index contributed by atoms with van der Waals surface area (Å²) in [6.45, 7) is 11.4. The van der Waals surface area contributed by atoms with Gasteiger partial charge in [0, 0.05) is 99.2 Å². The van der Waals surface area contributed by atoms with Crippen LogP contribution in [0.3, 0.4) is 0 Å². The minimum Gasteiger partial charge on any atom is -0.378 e. The van der Waals surface area contributed by atoms with Gasteiger partial charge in [-0.2, -0.15) is 10.2 Å². The highest BCUT2D eigenvalue weighted by Crippen LogP contribution is 2.37. The minimum absolute atomic E-state index is 0.0342. The molecule has 16 heteroatoms. The molecule has 0 spiro atoms. The zero-order valence-electron chi connectivity index (χ0n) is 30.9. The molecule has 4 fully saturated rings. The largest absolute Gasteiger partial charge is 0.378 e. The molecule has 0 saturated carbocycles. The van der Waals surface area contributed by atoms with Crippen LogP contribution in [-0.4, -0.2) is 131 Å². The molecule has 0 aliphatic carbocycles. The molecule has 1 amide bonds. The zero-order valence-corrected chi connectivity index (χ0v) is 30.9. The summed E-state index contributed by atoms with van der Waals surface area (Å²) in [6, 6.07) is 12.5. The Labute approximate surface area is 318 Å². The van der Waals surface area contributed by atoms with Crippen LogP contribution in [0.2, 0.25) is 0 Å². The van der Waals surface area contributed by atoms with Crippen molar-refractivity contribution < 1.29 is 14.3 Å². The number of ether oxygens (including phenoxy) is 2. The summed E-state index contributed by atoms with van der Waals surface area (Å²) in [7, 11) is 0. The van der Waals surface area contributed by atoms with Gasteiger partial charge in [0.05, 0.1) is 56.1 Å². The lowest BCUT2D eigenvalue weighted by atomic mass is 10.1. The molecule has 0 bridgehead atoms. The molecule has 4 saturated heterocycles. The fourth-order valence-electron chi connectivity index (χ4n) is 7.91. The summed E-state index contributed by atoms with van der Waals surface area (Å²) in [5.41, 5.74) is 7.32. The first kappa shape index (κ1) is 34.9. The number of piperazine rings is 1. The lowest BCUT2D eigenvalue weighted by Crippen LogP contribution is -2.47. The molecular formula is C39H45N13O3. The summed E-state index contributed by atoms with van der Waals surface area (Å²) in [4.78, 5) is 40.4. The van der Waals surface area contributed by atoms with Crippen molar-refractivity contribution in [2.75, 3.05) is 98.4 Å². The third kappa shape index (κ3) is 7.10. The highest BCUT2D eigenvalue weighted by molar-refractivity contribution is 6.02. The maximum Gasteiger partial charge on any atom is 0.239 e. The van der Waals surface area contributed by atoms with Crippen LogP contribution >= 0.6 is 0 Å². The summed E-state index contributed by atoms with van der Waals surface area (Å²) >= 11 is 0. The summed E-state index contributed by atoms with van der Waals surface area (Å²) in [5, 5.41) is 19.2. The van der Waals surface area contributed by atoms with E-state index >= 15 is 0 Å². The van der Waals surface area contributed by atoms with E-state index in [1.807, 2.05) is 24.4 Å². The molecule has 6 aromatic heterocycles. The normalized spacial score (nSPS) is 19.1. The average Bonchev–Trinajstić information content (AvgIpc) is 4.06. The highest BCUT2D eigenvalue weighted by atomic mass is 16.5. The molecular weight excluding hydrogens is 699 g/mol. The van der Waals surface area contributed by atoms with Gasteiger partial charge in [-0.25, -0.2) is 9.97 Å². The molecule has 3 N–H and O–H groups in total. The van der Waals surface area contributed by atoms with Crippen LogP contribution in [0.5, 0.6) is 0 Å². The maximum absolute atomic E-state index is 12.0. The fraction of sp³-hybridized carbons (Fsp3) is 0.410. The molecule has 0 unspecified atom stereocenters. The molecule has 4 aliphatic heterocycles. The third-order valence-electron chi connectivity index (χ3n) is 10.7. The lowest BCUT2D eigenvalue weighted by Gasteiger charge is -2.35. The van der Waals surface area contributed by atoms with E-state index in [-0.39, 0.29) is 5.91 Å². The van der Waals surface area contributed by atoms with Crippen LogP contribution in [0.4, 0.5) is 23.0 Å². The molecule has 10 rings (SSSR count). The molecule has 0 aromatic carbocycles. The SMILES string of the molecule is C[C@@H]1COCCN1c1cc(N2CCCC2)c2ccnc(-c3ccn[nH]3)c2n1.O=C1CN(c2cc(N3CCOCC3)nc3c(-c4ccn[nH]4)nccc23)CCN1. The lowest BCUT2D eigenvalue weighted by molar-refractivity contribution is -0.120. The van der Waals surface area contributed by atoms with E-state index in [1.165, 1.54) is 18.5 Å². The Balaban J connectivity index is 0.000000144. The molecule has 6 aromatic rings. The fourth-order valence-corrected chi connectivity index (χ4v) is 7.91. The van der Waals surface area contributed by atoms with Crippen LogP contribution in [0, 0.1) is 0 Å². The second-order valence-electron chi connectivity index (χ2n) is 14.2. The number of carbonyl (C=O) groups is 1. The number of nitrogens with zero attached hydrogens (tertiary/aromatic N) is 10. The average molecular weight is 744 g/mol. The molecule has 16 nitrogen and oxygen atoms in total. The summed E-state index contributed by atoms with van der Waals surface area (Å²) < 4.78 is 11.1. The molecule has 55 heavy (non-hydrogen) atoms. The number of fused-ring (bicyclic) bond motifs is 2. The van der Waals surface area contributed by atoms with Gasteiger partial charge in [-0.1, -0.05) is 0 Å². The number of aromatic amines is 2. The Morgan fingerprint density at radius 3 is 1.91 bits per heavy atom. The summed E-state index contributed by atoms with van der Waals surface area (Å²) in [6.07, 6.45) is 9.60. The summed E-state index contributed by atoms with van der Waals surface area (Å²) in [5.74, 6) is 1.92. The van der Waals surface area contributed by atoms with Gasteiger partial charge in [-0.05, 0) is 44.0 Å². The molecule has 284 valence electrons. The second kappa shape index (κ2) is 15.5. The number of morpholine rings is 2. The number of anilines is 4. The number of amides is 1. The number of pyridine rings is 4. The monoisotopic (exact) mass is 743 g/mol. The van der Waals surface area contributed by atoms with Crippen molar-refractivity contribution in [2.45, 2.75) is 25.8 Å². The van der Waals surface area contributed by atoms with Crippen LogP contribution < -0.4 is 24.9 Å². The second-order valence-corrected chi connectivity index (χ2v) is 14.2. The van der Waals surface area contributed by atoms with Crippen molar-refractivity contribution in [1.29, 1.82) is 0 Å². The van der Waals surface area contributed by atoms with Gasteiger partial charge in [0.25, 0.3) is 0 Å². The van der Waals surface area contributed by atoms with Crippen LogP contribution in [0.15, 0.2) is 61.2 Å². The standard InChI is InChI=1S/C20H24N6O.C19H21N7O2/c1-14-13-27-11-10-26(14)18-12-17(25-8-2-3-9-25)15-4-6-21-20(19(15)23-18)16-5-7-22-24-16;27-17-12-26(6-5-20-17)15-11-16(25-7-9-28-10-8-25)23-18-13(15)1-3-21-19(18)14-2-4-22-24-14/h4-7,12,14H,2-3,8-11,13H2,1H3,(H,22,24);1-4,11H,5-10,12H2,(H,20,27)(H,22,24)/t14-;/m1./s1. The van der Waals surface area contributed by atoms with Gasteiger partial charge in [0.15, 0.2) is 0 Å². The van der Waals surface area contributed by atoms with Crippen molar-refractivity contribution in [3.63, 3.8) is 0 Å². The van der Waals surface area contributed by atoms with Crippen molar-refractivity contribution in [3.8, 4) is 22.8 Å². The van der Waals surface area contributed by atoms with E-state index in [2.05, 4.69) is 80.4 Å². The first-order valence-electron chi connectivity index (χ1n) is 19.1. The minimum atomic E-state index is 0.0342. The quantitative estimate of drug-likeness (QED) is 0.226. The first-order chi connectivity index (χ1) is 27.1. The molecule has 10 heterocycles. The third-order valence-corrected chi connectivity index (χ3v) is 10.7. The van der Waals surface area contributed by atoms with Crippen molar-refractivity contribution in [3.05, 3.63) is 61.2 Å². The van der Waals surface area contributed by atoms with Gasteiger partial charge in [0.2, 0.25) is 5.91 Å². The van der Waals surface area contributed by atoms with E-state index in [1.54, 1.807) is 18.6 Å². The van der Waals surface area contributed by atoms with Gasteiger partial charge in [-0.3, -0.25) is 25.0 Å². The number of nitrogens with one attached hydrogen (secondary N) is 3. The Kier molecular flexibility index (Phi) is 9.81. The number of aromatic nitrogens is 8. The number of hydrogen-bond donors (Lipinski definition) is 3. The van der Waals surface area contributed by atoms with Crippen LogP contribution in [0.25, 0.3) is 44.6 Å². The topological polar surface area (TPSA) is 169 Å². The Morgan fingerprint density at radius 1 is 0.673 bits per heavy atom. The maximum atomic E-state index is 12.0. The Morgan fingerprint density at radius 2 is 1.29 bits per heavy atom. The van der Waals surface area contributed by atoms with Crippen molar-refractivity contribution in [1.82, 2.24) is 45.6 Å². The Hall–Kier alpha value is -5.87. The number of hydrogen-bond acceptors (Lipinski definition) is 13. The van der Waals surface area contributed by atoms with Gasteiger partial charge in [0.1, 0.15) is 34.1 Å². The predicted molar refractivity (Wildman–Crippen MR) is 212 cm³/mol. The number of carbonyl (C=O) groups excluding carboxylic acids is 1. The highest BCUT2D eigenvalue weighted by Gasteiger charge is 2.26. The van der Waals surface area contributed by atoms with E-state index < -0.39 is 0 Å². The Bertz CT molecular complexity index is 2250. The van der Waals surface area contributed by atoms with E-state index in [4.69, 9.17) is 19.4 Å². The number of H-pyrrole nitrogens is 2.